The molecular weight excluding hydrogens is 278 g/mol. The first-order chi connectivity index (χ1) is 9.66. The van der Waals surface area contributed by atoms with E-state index in [0.29, 0.717) is 25.4 Å². The number of H-pyrrole nitrogens is 1. The lowest BCUT2D eigenvalue weighted by Crippen LogP contribution is -2.28. The predicted molar refractivity (Wildman–Crippen MR) is 76.8 cm³/mol. The van der Waals surface area contributed by atoms with Gasteiger partial charge in [-0.3, -0.25) is 5.10 Å². The van der Waals surface area contributed by atoms with Crippen LogP contribution in [0.15, 0.2) is 6.33 Å². The molecule has 1 aliphatic carbocycles. The first kappa shape index (κ1) is 15.4. The molecule has 1 saturated carbocycles. The zero-order chi connectivity index (χ0) is 14.3. The van der Waals surface area contributed by atoms with Crippen LogP contribution in [-0.4, -0.2) is 48.5 Å². The first-order valence-electron chi connectivity index (χ1n) is 7.21. The van der Waals surface area contributed by atoms with Crippen molar-refractivity contribution >= 4 is 10.0 Å². The molecule has 0 aromatic carbocycles. The van der Waals surface area contributed by atoms with Gasteiger partial charge in [0.15, 0.2) is 0 Å². The topological polar surface area (TPSA) is 99.8 Å². The molecule has 20 heavy (non-hydrogen) atoms. The highest BCUT2D eigenvalue weighted by Gasteiger charge is 2.19. The zero-order valence-electron chi connectivity index (χ0n) is 11.6. The van der Waals surface area contributed by atoms with Gasteiger partial charge in [-0.25, -0.2) is 18.1 Å². The molecule has 7 nitrogen and oxygen atoms in total. The lowest BCUT2D eigenvalue weighted by molar-refractivity contribution is 0.570. The molecule has 114 valence electrons. The van der Waals surface area contributed by atoms with Gasteiger partial charge in [0.1, 0.15) is 12.2 Å². The van der Waals surface area contributed by atoms with E-state index in [1.54, 1.807) is 0 Å². The number of aromatic nitrogens is 3. The van der Waals surface area contributed by atoms with E-state index in [1.807, 2.05) is 0 Å². The van der Waals surface area contributed by atoms with Crippen LogP contribution in [0, 0.1) is 0 Å². The Morgan fingerprint density at radius 3 is 2.80 bits per heavy atom. The number of hydrogen-bond donors (Lipinski definition) is 3. The summed E-state index contributed by atoms with van der Waals surface area (Å²) in [5, 5.41) is 9.87. The smallest absolute Gasteiger partial charge is 0.211 e. The molecule has 0 amide bonds. The Bertz CT molecular complexity index is 470. The molecule has 1 aliphatic rings. The minimum absolute atomic E-state index is 0.210. The molecule has 1 heterocycles. The van der Waals surface area contributed by atoms with E-state index < -0.39 is 10.0 Å². The fraction of sp³-hybridized carbons (Fsp3) is 0.833. The summed E-state index contributed by atoms with van der Waals surface area (Å²) in [7, 11) is -3.13. The van der Waals surface area contributed by atoms with Crippen LogP contribution >= 0.6 is 0 Å². The number of aryl methyl sites for hydroxylation is 1. The fourth-order valence-electron chi connectivity index (χ4n) is 1.92. The second kappa shape index (κ2) is 7.70. The second-order valence-electron chi connectivity index (χ2n) is 5.18. The molecule has 0 atom stereocenters. The Labute approximate surface area is 120 Å². The molecule has 0 bridgehead atoms. The van der Waals surface area contributed by atoms with Crippen LogP contribution in [0.2, 0.25) is 0 Å². The number of hydrogen-bond acceptors (Lipinski definition) is 5. The van der Waals surface area contributed by atoms with Gasteiger partial charge < -0.3 is 5.32 Å². The van der Waals surface area contributed by atoms with Crippen LogP contribution in [0.25, 0.3) is 0 Å². The summed E-state index contributed by atoms with van der Waals surface area (Å²) in [6.45, 7) is 1.37. The van der Waals surface area contributed by atoms with Crippen LogP contribution in [0.4, 0.5) is 0 Å². The predicted octanol–water partition coefficient (Wildman–Crippen LogP) is 0.189. The third-order valence-corrected chi connectivity index (χ3v) is 4.70. The van der Waals surface area contributed by atoms with E-state index in [4.69, 9.17) is 0 Å². The van der Waals surface area contributed by atoms with Gasteiger partial charge in [-0.2, -0.15) is 5.10 Å². The highest BCUT2D eigenvalue weighted by Crippen LogP contribution is 2.18. The van der Waals surface area contributed by atoms with E-state index in [0.717, 1.165) is 25.2 Å². The average Bonchev–Trinajstić information content (AvgIpc) is 3.09. The van der Waals surface area contributed by atoms with Crippen LogP contribution in [-0.2, 0) is 16.4 Å². The SMILES string of the molecule is O=S(=O)(CCCCNC1CC1)NCCCc1ncn[nH]1. The number of rotatable bonds is 11. The molecular formula is C12H23N5O2S. The Morgan fingerprint density at radius 2 is 2.10 bits per heavy atom. The highest BCUT2D eigenvalue weighted by atomic mass is 32.2. The summed E-state index contributed by atoms with van der Waals surface area (Å²) in [6, 6.07) is 0.695. The van der Waals surface area contributed by atoms with Crippen molar-refractivity contribution < 1.29 is 8.42 Å². The molecule has 0 saturated heterocycles. The Balaban J connectivity index is 1.49. The number of aromatic amines is 1. The molecule has 0 unspecified atom stereocenters. The molecule has 1 aromatic rings. The maximum atomic E-state index is 11.7. The van der Waals surface area contributed by atoms with Crippen molar-refractivity contribution in [3.8, 4) is 0 Å². The van der Waals surface area contributed by atoms with Crippen LogP contribution < -0.4 is 10.0 Å². The summed E-state index contributed by atoms with van der Waals surface area (Å²) in [5.74, 6) is 0.997. The van der Waals surface area contributed by atoms with Crippen molar-refractivity contribution in [2.75, 3.05) is 18.8 Å². The lowest BCUT2D eigenvalue weighted by atomic mass is 10.3. The molecule has 1 fully saturated rings. The van der Waals surface area contributed by atoms with Gasteiger partial charge in [0, 0.05) is 19.0 Å². The van der Waals surface area contributed by atoms with E-state index in [1.165, 1.54) is 19.2 Å². The molecule has 8 heteroatoms. The third kappa shape index (κ3) is 6.44. The molecule has 3 N–H and O–H groups in total. The van der Waals surface area contributed by atoms with Crippen molar-refractivity contribution in [3.63, 3.8) is 0 Å². The van der Waals surface area contributed by atoms with E-state index in [-0.39, 0.29) is 5.75 Å². The Kier molecular flexibility index (Phi) is 5.93. The van der Waals surface area contributed by atoms with Gasteiger partial charge in [-0.15, -0.1) is 0 Å². The lowest BCUT2D eigenvalue weighted by Gasteiger charge is -2.06. The second-order valence-corrected chi connectivity index (χ2v) is 7.11. The molecule has 1 aromatic heterocycles. The Morgan fingerprint density at radius 1 is 1.25 bits per heavy atom. The quantitative estimate of drug-likeness (QED) is 0.507. The average molecular weight is 301 g/mol. The van der Waals surface area contributed by atoms with Crippen LogP contribution in [0.1, 0.15) is 37.9 Å². The largest absolute Gasteiger partial charge is 0.314 e. The first-order valence-corrected chi connectivity index (χ1v) is 8.86. The fourth-order valence-corrected chi connectivity index (χ4v) is 3.10. The van der Waals surface area contributed by atoms with E-state index >= 15 is 0 Å². The van der Waals surface area contributed by atoms with Crippen molar-refractivity contribution in [2.45, 2.75) is 44.6 Å². The van der Waals surface area contributed by atoms with E-state index in [9.17, 15) is 8.42 Å². The van der Waals surface area contributed by atoms with Gasteiger partial charge in [-0.05, 0) is 38.6 Å². The van der Waals surface area contributed by atoms with Gasteiger partial charge in [0.05, 0.1) is 5.75 Å². The monoisotopic (exact) mass is 301 g/mol. The van der Waals surface area contributed by atoms with Crippen molar-refractivity contribution in [1.29, 1.82) is 0 Å². The highest BCUT2D eigenvalue weighted by molar-refractivity contribution is 7.89. The molecule has 0 aliphatic heterocycles. The maximum Gasteiger partial charge on any atom is 0.211 e. The van der Waals surface area contributed by atoms with Gasteiger partial charge in [-0.1, -0.05) is 0 Å². The van der Waals surface area contributed by atoms with Crippen LogP contribution in [0.5, 0.6) is 0 Å². The number of nitrogens with zero attached hydrogens (tertiary/aromatic N) is 2. The number of unbranched alkanes of at least 4 members (excludes halogenated alkanes) is 1. The summed E-state index contributed by atoms with van der Waals surface area (Å²) in [6.07, 6.45) is 7.03. The maximum absolute atomic E-state index is 11.7. The summed E-state index contributed by atoms with van der Waals surface area (Å²) < 4.78 is 26.1. The van der Waals surface area contributed by atoms with Crippen molar-refractivity contribution in [3.05, 3.63) is 12.2 Å². The van der Waals surface area contributed by atoms with Gasteiger partial charge in [0.2, 0.25) is 10.0 Å². The normalized spacial score (nSPS) is 15.6. The molecule has 0 spiro atoms. The standard InChI is InChI=1S/C12H23N5O2S/c18-20(19,9-2-1-7-13-11-5-6-11)16-8-3-4-12-14-10-15-17-12/h10-11,13,16H,1-9H2,(H,14,15,17). The Hall–Kier alpha value is -0.990. The molecule has 0 radical (unpaired) electrons. The summed E-state index contributed by atoms with van der Waals surface area (Å²) >= 11 is 0. The number of sulfonamides is 1. The van der Waals surface area contributed by atoms with Crippen molar-refractivity contribution in [2.24, 2.45) is 0 Å². The molecule has 2 rings (SSSR count). The van der Waals surface area contributed by atoms with Crippen molar-refractivity contribution in [1.82, 2.24) is 25.2 Å². The summed E-state index contributed by atoms with van der Waals surface area (Å²) in [4.78, 5) is 3.99. The minimum Gasteiger partial charge on any atom is -0.314 e. The van der Waals surface area contributed by atoms with E-state index in [2.05, 4.69) is 25.2 Å². The zero-order valence-corrected chi connectivity index (χ0v) is 12.5. The van der Waals surface area contributed by atoms with Gasteiger partial charge >= 0.3 is 0 Å². The summed E-state index contributed by atoms with van der Waals surface area (Å²) in [5.41, 5.74) is 0. The minimum atomic E-state index is -3.13. The van der Waals surface area contributed by atoms with Gasteiger partial charge in [0.25, 0.3) is 0 Å². The number of nitrogens with one attached hydrogen (secondary N) is 3. The third-order valence-electron chi connectivity index (χ3n) is 3.23. The van der Waals surface area contributed by atoms with Crippen LogP contribution in [0.3, 0.4) is 0 Å².